The van der Waals surface area contributed by atoms with Gasteiger partial charge in [0.15, 0.2) is 0 Å². The van der Waals surface area contributed by atoms with Gasteiger partial charge in [-0.25, -0.2) is 0 Å². The summed E-state index contributed by atoms with van der Waals surface area (Å²) in [7, 11) is 0. The van der Waals surface area contributed by atoms with E-state index in [1.807, 2.05) is 17.8 Å². The summed E-state index contributed by atoms with van der Waals surface area (Å²) in [5.74, 6) is 2.47. The van der Waals surface area contributed by atoms with Crippen LogP contribution < -0.4 is 10.6 Å². The van der Waals surface area contributed by atoms with Crippen molar-refractivity contribution < 1.29 is 4.79 Å². The molecule has 0 saturated carbocycles. The van der Waals surface area contributed by atoms with E-state index in [2.05, 4.69) is 22.8 Å². The molecule has 0 spiro atoms. The van der Waals surface area contributed by atoms with Crippen LogP contribution in [0, 0.1) is 5.92 Å². The molecule has 18 heavy (non-hydrogen) atoms. The number of nitrogens with one attached hydrogen (secondary N) is 2. The highest BCUT2D eigenvalue weighted by Crippen LogP contribution is 2.27. The molecule has 2 aliphatic heterocycles. The fraction of sp³-hybridized carbons (Fsp3) is 0.500. The second kappa shape index (κ2) is 5.22. The van der Waals surface area contributed by atoms with Crippen molar-refractivity contribution in [2.45, 2.75) is 19.3 Å². The lowest BCUT2D eigenvalue weighted by Gasteiger charge is -2.19. The van der Waals surface area contributed by atoms with E-state index in [-0.39, 0.29) is 11.8 Å². The molecule has 1 aromatic carbocycles. The molecule has 3 nitrogen and oxygen atoms in total. The highest BCUT2D eigenvalue weighted by molar-refractivity contribution is 7.99. The van der Waals surface area contributed by atoms with Crippen LogP contribution in [0.5, 0.6) is 0 Å². The smallest absolute Gasteiger partial charge is 0.228 e. The SMILES string of the molecule is O=C(Nc1ccc2c(c1)CCCN2)C1CCSC1. The topological polar surface area (TPSA) is 41.1 Å². The number of fused-ring (bicyclic) bond motifs is 1. The minimum atomic E-state index is 0.184. The molecule has 1 fully saturated rings. The van der Waals surface area contributed by atoms with Gasteiger partial charge in [0.25, 0.3) is 0 Å². The molecule has 2 heterocycles. The Bertz CT molecular complexity index is 455. The second-order valence-electron chi connectivity index (χ2n) is 4.95. The van der Waals surface area contributed by atoms with Gasteiger partial charge in [0.1, 0.15) is 0 Å². The molecule has 0 radical (unpaired) electrons. The molecule has 1 unspecified atom stereocenters. The van der Waals surface area contributed by atoms with Gasteiger partial charge in [0, 0.05) is 29.6 Å². The normalized spacial score (nSPS) is 22.1. The molecule has 2 N–H and O–H groups in total. The monoisotopic (exact) mass is 262 g/mol. The number of rotatable bonds is 2. The molecule has 1 aromatic rings. The average molecular weight is 262 g/mol. The van der Waals surface area contributed by atoms with Crippen LogP contribution in [-0.4, -0.2) is 24.0 Å². The summed E-state index contributed by atoms with van der Waals surface area (Å²) < 4.78 is 0. The third kappa shape index (κ3) is 2.48. The summed E-state index contributed by atoms with van der Waals surface area (Å²) in [4.78, 5) is 12.0. The fourth-order valence-corrected chi connectivity index (χ4v) is 3.76. The van der Waals surface area contributed by atoms with Crippen LogP contribution in [-0.2, 0) is 11.2 Å². The molecule has 1 amide bonds. The number of carbonyl (C=O) groups is 1. The van der Waals surface area contributed by atoms with Crippen molar-refractivity contribution in [1.82, 2.24) is 0 Å². The first-order valence-corrected chi connectivity index (χ1v) is 7.74. The first-order valence-electron chi connectivity index (χ1n) is 6.58. The van der Waals surface area contributed by atoms with E-state index >= 15 is 0 Å². The van der Waals surface area contributed by atoms with E-state index in [9.17, 15) is 4.79 Å². The van der Waals surface area contributed by atoms with Crippen molar-refractivity contribution in [1.29, 1.82) is 0 Å². The van der Waals surface area contributed by atoms with Crippen LogP contribution in [0.1, 0.15) is 18.4 Å². The van der Waals surface area contributed by atoms with Crippen LogP contribution in [0.25, 0.3) is 0 Å². The first kappa shape index (κ1) is 11.9. The number of thioether (sulfide) groups is 1. The lowest BCUT2D eigenvalue weighted by molar-refractivity contribution is -0.119. The zero-order chi connectivity index (χ0) is 12.4. The molecular formula is C14H18N2OS. The van der Waals surface area contributed by atoms with Crippen LogP contribution in [0.15, 0.2) is 18.2 Å². The summed E-state index contributed by atoms with van der Waals surface area (Å²) in [5.41, 5.74) is 3.48. The van der Waals surface area contributed by atoms with Gasteiger partial charge < -0.3 is 10.6 Å². The maximum atomic E-state index is 12.0. The Labute approximate surface area is 112 Å². The molecule has 0 bridgehead atoms. The number of amides is 1. The minimum Gasteiger partial charge on any atom is -0.385 e. The predicted molar refractivity (Wildman–Crippen MR) is 77.3 cm³/mol. The lowest BCUT2D eigenvalue weighted by Crippen LogP contribution is -2.22. The van der Waals surface area contributed by atoms with Gasteiger partial charge in [-0.15, -0.1) is 0 Å². The largest absolute Gasteiger partial charge is 0.385 e. The van der Waals surface area contributed by atoms with E-state index in [1.54, 1.807) is 0 Å². The van der Waals surface area contributed by atoms with E-state index in [0.717, 1.165) is 36.6 Å². The van der Waals surface area contributed by atoms with Gasteiger partial charge in [0.2, 0.25) is 5.91 Å². The zero-order valence-corrected chi connectivity index (χ0v) is 11.2. The van der Waals surface area contributed by atoms with Gasteiger partial charge in [0.05, 0.1) is 0 Å². The summed E-state index contributed by atoms with van der Waals surface area (Å²) in [5, 5.41) is 6.44. The molecule has 1 atom stereocenters. The summed E-state index contributed by atoms with van der Waals surface area (Å²) in [6, 6.07) is 6.19. The second-order valence-corrected chi connectivity index (χ2v) is 6.10. The zero-order valence-electron chi connectivity index (χ0n) is 10.4. The molecule has 3 rings (SSSR count). The number of benzene rings is 1. The number of anilines is 2. The first-order chi connectivity index (χ1) is 8.83. The van der Waals surface area contributed by atoms with Crippen LogP contribution in [0.2, 0.25) is 0 Å². The molecule has 96 valence electrons. The van der Waals surface area contributed by atoms with Crippen LogP contribution in [0.4, 0.5) is 11.4 Å². The summed E-state index contributed by atoms with van der Waals surface area (Å²) >= 11 is 1.87. The number of aryl methyl sites for hydroxylation is 1. The fourth-order valence-electron chi connectivity index (χ4n) is 2.54. The van der Waals surface area contributed by atoms with Gasteiger partial charge in [-0.05, 0) is 48.8 Å². The quantitative estimate of drug-likeness (QED) is 0.861. The van der Waals surface area contributed by atoms with E-state index in [4.69, 9.17) is 0 Å². The Kier molecular flexibility index (Phi) is 3.46. The van der Waals surface area contributed by atoms with Crippen LogP contribution >= 0.6 is 11.8 Å². The maximum Gasteiger partial charge on any atom is 0.228 e. The number of hydrogen-bond donors (Lipinski definition) is 2. The van der Waals surface area contributed by atoms with E-state index in [1.165, 1.54) is 17.7 Å². The Balaban J connectivity index is 1.70. The van der Waals surface area contributed by atoms with Gasteiger partial charge in [-0.1, -0.05) is 0 Å². The van der Waals surface area contributed by atoms with Crippen molar-refractivity contribution in [3.05, 3.63) is 23.8 Å². The highest BCUT2D eigenvalue weighted by Gasteiger charge is 2.23. The van der Waals surface area contributed by atoms with E-state index < -0.39 is 0 Å². The van der Waals surface area contributed by atoms with Crippen LogP contribution in [0.3, 0.4) is 0 Å². The van der Waals surface area contributed by atoms with E-state index in [0.29, 0.717) is 0 Å². The van der Waals surface area contributed by atoms with Gasteiger partial charge >= 0.3 is 0 Å². The molecule has 1 saturated heterocycles. The molecule has 0 aromatic heterocycles. The Morgan fingerprint density at radius 1 is 1.44 bits per heavy atom. The van der Waals surface area contributed by atoms with Crippen molar-refractivity contribution in [2.24, 2.45) is 5.92 Å². The summed E-state index contributed by atoms with van der Waals surface area (Å²) in [6.07, 6.45) is 3.29. The predicted octanol–water partition coefficient (Wildman–Crippen LogP) is 2.74. The van der Waals surface area contributed by atoms with Crippen molar-refractivity contribution in [3.8, 4) is 0 Å². The minimum absolute atomic E-state index is 0.184. The maximum absolute atomic E-state index is 12.0. The standard InChI is InChI=1S/C14H18N2OS/c17-14(11-5-7-18-9-11)16-12-3-4-13-10(8-12)2-1-6-15-13/h3-4,8,11,15H,1-2,5-7,9H2,(H,16,17). The third-order valence-corrected chi connectivity index (χ3v) is 4.77. The van der Waals surface area contributed by atoms with Crippen molar-refractivity contribution in [2.75, 3.05) is 28.7 Å². The molecule has 0 aliphatic carbocycles. The van der Waals surface area contributed by atoms with Crippen molar-refractivity contribution >= 4 is 29.0 Å². The van der Waals surface area contributed by atoms with Crippen molar-refractivity contribution in [3.63, 3.8) is 0 Å². The highest BCUT2D eigenvalue weighted by atomic mass is 32.2. The molecule has 4 heteroatoms. The average Bonchev–Trinajstić information content (AvgIpc) is 2.92. The van der Waals surface area contributed by atoms with Gasteiger partial charge in [-0.2, -0.15) is 11.8 Å². The van der Waals surface area contributed by atoms with Gasteiger partial charge in [-0.3, -0.25) is 4.79 Å². The molecular weight excluding hydrogens is 244 g/mol. The Morgan fingerprint density at radius 3 is 3.22 bits per heavy atom. The number of hydrogen-bond acceptors (Lipinski definition) is 3. The lowest BCUT2D eigenvalue weighted by atomic mass is 10.0. The molecule has 2 aliphatic rings. The number of carbonyl (C=O) groups excluding carboxylic acids is 1. The Morgan fingerprint density at radius 2 is 2.39 bits per heavy atom. The third-order valence-electron chi connectivity index (χ3n) is 3.61. The Hall–Kier alpha value is -1.16. The summed E-state index contributed by atoms with van der Waals surface area (Å²) in [6.45, 7) is 1.05.